The van der Waals surface area contributed by atoms with Gasteiger partial charge in [-0.3, -0.25) is 9.97 Å². The van der Waals surface area contributed by atoms with Gasteiger partial charge >= 0.3 is 0 Å². The second kappa shape index (κ2) is 44.4. The summed E-state index contributed by atoms with van der Waals surface area (Å²) in [7, 11) is 0. The lowest BCUT2D eigenvalue weighted by Gasteiger charge is -2.26. The molecule has 2 saturated heterocycles. The van der Waals surface area contributed by atoms with Crippen molar-refractivity contribution in [1.82, 2.24) is 83.0 Å². The maximum Gasteiger partial charge on any atom is 0.185 e. The molecule has 0 amide bonds. The van der Waals surface area contributed by atoms with Crippen LogP contribution in [0.2, 0.25) is 0 Å². The van der Waals surface area contributed by atoms with Crippen molar-refractivity contribution in [2.24, 2.45) is 11.8 Å². The zero-order valence-corrected chi connectivity index (χ0v) is 78.9. The Hall–Kier alpha value is -11.6. The number of nitrogens with one attached hydrogen (secondary N) is 8. The van der Waals surface area contributed by atoms with Crippen LogP contribution in [0.4, 0.5) is 58.2 Å². The van der Waals surface area contributed by atoms with Crippen LogP contribution in [0, 0.1) is 27.5 Å². The number of fused-ring (bicyclic) bond motifs is 5. The van der Waals surface area contributed by atoms with Crippen LogP contribution in [-0.4, -0.2) is 184 Å². The van der Waals surface area contributed by atoms with E-state index in [1.165, 1.54) is 37.2 Å². The van der Waals surface area contributed by atoms with E-state index >= 15 is 0 Å². The van der Waals surface area contributed by atoms with E-state index in [0.29, 0.717) is 78.8 Å². The number of rotatable bonds is 31. The Morgan fingerprint density at radius 3 is 1.09 bits per heavy atom. The average Bonchev–Trinajstić information content (AvgIpc) is 1.60. The van der Waals surface area contributed by atoms with Gasteiger partial charge in [-0.05, 0) is 179 Å². The molecule has 0 bridgehead atoms. The molecule has 13 N–H and O–H groups in total. The Balaban J connectivity index is 0.000000137. The molecule has 0 aromatic carbocycles. The molecule has 674 valence electrons. The van der Waals surface area contributed by atoms with Crippen LogP contribution in [0.15, 0.2) is 206 Å². The summed E-state index contributed by atoms with van der Waals surface area (Å²) < 4.78 is 15.0. The molecule has 4 atom stereocenters. The van der Waals surface area contributed by atoms with E-state index in [1.807, 2.05) is 127 Å². The highest BCUT2D eigenvalue weighted by Gasteiger charge is 2.30. The highest BCUT2D eigenvalue weighted by atomic mass is 79.9. The molecule has 0 aliphatic carbocycles. The third kappa shape index (κ3) is 24.5. The Bertz CT molecular complexity index is 6000. The minimum absolute atomic E-state index is 0.00125. The van der Waals surface area contributed by atoms with E-state index in [2.05, 4.69) is 182 Å². The Morgan fingerprint density at radius 2 is 0.758 bits per heavy atom. The van der Waals surface area contributed by atoms with Gasteiger partial charge in [-0.1, -0.05) is 39.8 Å². The molecule has 0 radical (unpaired) electrons. The molecule has 0 unspecified atom stereocenters. The molecule has 38 nitrogen and oxygen atoms in total. The fraction of sp³-hybridized carbons (Fsp3) is 0.353. The van der Waals surface area contributed by atoms with Crippen molar-refractivity contribution < 1.29 is 39.7 Å². The smallest absolute Gasteiger partial charge is 0.185 e. The standard InChI is InChI=1S/C18H21BrN6O.C17H19BrN6O2.2C17H21BrN6O2.C16H19BrN6O/c19-15-12-22-25-16(21-11-13-3-1-6-20-10-13)9-17(23-18(15)25)24-7-2-4-14(24)5-8-26;18-14-9-20-24-15(19-8-12-3-1-5-22(26)10-12)7-16(21-17(14)24)23-6-2-4-13(23)11-25;2*1-11(2)14(10-25)21-15-6-16(24-17(22-15)13(18)8-20-24)19-7-12-4-3-5-23(26)9-12;1-16(2,10-24)22-13-6-14(19-8-11-4-3-5-18-7-11)23-15(21-13)12(17)9-20-23/h1,3,6,9-10,12,14,21,26H,2,4-5,7-8,11H2;1,3,5,7,9-10,13,19,25H,2,4,6,8,11H2;2*3-6,8-9,11,14,19,25H,7,10H2,1-2H3,(H,21,22);3-7,9,19,24H,8,10H2,1-2H3,(H,21,22)/t14-;13-;2*14-;/m0010./s1. The van der Waals surface area contributed by atoms with Crippen LogP contribution >= 0.6 is 79.6 Å². The van der Waals surface area contributed by atoms with Gasteiger partial charge in [0.25, 0.3) is 0 Å². The molecular formula is C85H101Br5N30O8. The van der Waals surface area contributed by atoms with Crippen LogP contribution < -0.4 is 66.5 Å². The second-order valence-electron chi connectivity index (χ2n) is 31.6. The van der Waals surface area contributed by atoms with Gasteiger partial charge in [0.1, 0.15) is 58.2 Å². The van der Waals surface area contributed by atoms with Crippen LogP contribution in [0.1, 0.15) is 101 Å². The number of aromatic nitrogens is 20. The first kappa shape index (κ1) is 94.1. The predicted molar refractivity (Wildman–Crippen MR) is 508 cm³/mol. The van der Waals surface area contributed by atoms with E-state index in [1.54, 1.807) is 84.2 Å². The molecule has 17 heterocycles. The Kier molecular flexibility index (Phi) is 32.7. The van der Waals surface area contributed by atoms with Gasteiger partial charge in [-0.2, -0.15) is 62.3 Å². The Labute approximate surface area is 779 Å². The summed E-state index contributed by atoms with van der Waals surface area (Å²) in [6.45, 7) is 16.8. The first-order valence-electron chi connectivity index (χ1n) is 41.5. The maximum absolute atomic E-state index is 11.4. The average molecular weight is 2070 g/mol. The summed E-state index contributed by atoms with van der Waals surface area (Å²) in [6, 6.07) is 28.4. The molecule has 2 aliphatic rings. The van der Waals surface area contributed by atoms with E-state index < -0.39 is 5.54 Å². The topological polar surface area (TPSA) is 461 Å². The highest BCUT2D eigenvalue weighted by Crippen LogP contribution is 2.34. The number of aliphatic hydroxyl groups excluding tert-OH is 5. The lowest BCUT2D eigenvalue weighted by atomic mass is 10.1. The molecule has 0 saturated carbocycles. The number of anilines is 10. The van der Waals surface area contributed by atoms with E-state index in [9.17, 15) is 41.2 Å². The molecule has 2 aliphatic heterocycles. The third-order valence-corrected chi connectivity index (χ3v) is 23.8. The molecule has 15 aromatic heterocycles. The van der Waals surface area contributed by atoms with Crippen molar-refractivity contribution in [3.63, 3.8) is 0 Å². The van der Waals surface area contributed by atoms with E-state index in [-0.39, 0.29) is 63.0 Å². The molecular weight excluding hydrogens is 1970 g/mol. The first-order valence-corrected chi connectivity index (χ1v) is 45.4. The number of nitrogens with zero attached hydrogens (tertiary/aromatic N) is 22. The van der Waals surface area contributed by atoms with E-state index in [4.69, 9.17) is 9.97 Å². The zero-order chi connectivity index (χ0) is 90.5. The van der Waals surface area contributed by atoms with E-state index in [0.717, 1.165) is 156 Å². The van der Waals surface area contributed by atoms with Crippen molar-refractivity contribution in [3.05, 3.63) is 250 Å². The van der Waals surface area contributed by atoms with Crippen molar-refractivity contribution >= 4 is 166 Å². The van der Waals surface area contributed by atoms with Gasteiger partial charge in [0, 0.05) is 148 Å². The third-order valence-electron chi connectivity index (χ3n) is 21.0. The summed E-state index contributed by atoms with van der Waals surface area (Å²) in [6.07, 6.45) is 29.6. The Morgan fingerprint density at radius 1 is 0.430 bits per heavy atom. The summed E-state index contributed by atoms with van der Waals surface area (Å²) in [4.78, 5) is 35.9. The molecule has 43 heteroatoms. The first-order chi connectivity index (χ1) is 61.8. The lowest BCUT2D eigenvalue weighted by Crippen LogP contribution is -2.35. The van der Waals surface area contributed by atoms with Crippen molar-refractivity contribution in [3.8, 4) is 0 Å². The molecule has 15 aromatic rings. The zero-order valence-electron chi connectivity index (χ0n) is 71.0. The predicted octanol–water partition coefficient (Wildman–Crippen LogP) is 11.6. The SMILES string of the molecule is CC(C)(CO)Nc1cc(NCc2cccnc2)n2ncc(Br)c2n1.CC(C)[C@@H](CO)Nc1cc(NCc2ccc[n+]([O-])c2)n2ncc(Br)c2n1.CC(C)[C@H](CO)Nc1cc(NCc2ccc[n+]([O-])c2)n2ncc(Br)c2n1.OCC[C@@H]1CCCN1c1cc(NCc2cccnc2)n2ncc(Br)c2n1.[O-][n+]1cccc(CNc2cc(N3CCC[C@H]3CO)nc3c(Br)cnn23)c1. The van der Waals surface area contributed by atoms with Crippen LogP contribution in [-0.2, 0) is 32.7 Å². The van der Waals surface area contributed by atoms with Crippen molar-refractivity contribution in [2.45, 2.75) is 136 Å². The summed E-state index contributed by atoms with van der Waals surface area (Å²) in [5, 5.41) is 130. The number of hydrogen-bond acceptors (Lipinski definition) is 30. The minimum Gasteiger partial charge on any atom is -0.619 e. The van der Waals surface area contributed by atoms with Crippen LogP contribution in [0.3, 0.4) is 0 Å². The second-order valence-corrected chi connectivity index (χ2v) is 35.9. The number of halogens is 5. The van der Waals surface area contributed by atoms with Gasteiger partial charge in [0.15, 0.2) is 65.4 Å². The van der Waals surface area contributed by atoms with Gasteiger partial charge in [0.05, 0.1) is 103 Å². The van der Waals surface area contributed by atoms with Gasteiger partial charge in [0.2, 0.25) is 0 Å². The number of aliphatic hydroxyl groups is 5. The monoisotopic (exact) mass is 2060 g/mol. The number of pyridine rings is 5. The fourth-order valence-electron chi connectivity index (χ4n) is 14.1. The lowest BCUT2D eigenvalue weighted by molar-refractivity contribution is -0.606. The molecule has 128 heavy (non-hydrogen) atoms. The minimum atomic E-state index is -0.474. The van der Waals surface area contributed by atoms with Crippen molar-refractivity contribution in [2.75, 3.05) is 98.5 Å². The summed E-state index contributed by atoms with van der Waals surface area (Å²) in [5.74, 6) is 8.08. The quantitative estimate of drug-likeness (QED) is 0.0142. The molecule has 2 fully saturated rings. The van der Waals surface area contributed by atoms with Crippen LogP contribution in [0.25, 0.3) is 28.2 Å². The maximum atomic E-state index is 11.4. The van der Waals surface area contributed by atoms with Gasteiger partial charge in [-0.25, -0.2) is 24.9 Å². The molecule has 17 rings (SSSR count). The summed E-state index contributed by atoms with van der Waals surface area (Å²) in [5.41, 5.74) is 7.77. The normalized spacial score (nSPS) is 14.2. The fourth-order valence-corrected chi connectivity index (χ4v) is 15.8. The largest absolute Gasteiger partial charge is 0.619 e. The van der Waals surface area contributed by atoms with Crippen LogP contribution in [0.5, 0.6) is 0 Å². The highest BCUT2D eigenvalue weighted by molar-refractivity contribution is 9.11. The van der Waals surface area contributed by atoms with Gasteiger partial charge in [-0.15, -0.1) is 0 Å². The number of hydrogen-bond donors (Lipinski definition) is 13. The van der Waals surface area contributed by atoms with Crippen molar-refractivity contribution in [1.29, 1.82) is 0 Å². The van der Waals surface area contributed by atoms with Gasteiger partial charge < -0.3 is 93.5 Å². The molecule has 0 spiro atoms. The summed E-state index contributed by atoms with van der Waals surface area (Å²) >= 11 is 17.4.